The number of rotatable bonds is 10. The summed E-state index contributed by atoms with van der Waals surface area (Å²) in [6, 6.07) is 15.8. The fourth-order valence-corrected chi connectivity index (χ4v) is 4.24. The molecule has 2 aromatic carbocycles. The second-order valence-electron chi connectivity index (χ2n) is 9.15. The molecule has 0 aliphatic rings. The van der Waals surface area contributed by atoms with Crippen LogP contribution in [0.3, 0.4) is 0 Å². The Balaban J connectivity index is 0.00000400. The summed E-state index contributed by atoms with van der Waals surface area (Å²) in [4.78, 5) is 30.5. The summed E-state index contributed by atoms with van der Waals surface area (Å²) < 4.78 is 11.4. The van der Waals surface area contributed by atoms with Crippen LogP contribution in [0.5, 0.6) is 5.88 Å². The number of hydrogen-bond acceptors (Lipinski definition) is 7. The Kier molecular flexibility index (Phi) is 10.2. The third kappa shape index (κ3) is 7.26. The van der Waals surface area contributed by atoms with Crippen molar-refractivity contribution in [1.82, 2.24) is 14.7 Å². The van der Waals surface area contributed by atoms with Crippen LogP contribution < -0.4 is 56.0 Å². The van der Waals surface area contributed by atoms with E-state index in [1.165, 1.54) is 5.56 Å². The van der Waals surface area contributed by atoms with Crippen molar-refractivity contribution in [3.8, 4) is 17.0 Å². The predicted molar refractivity (Wildman–Crippen MR) is 141 cm³/mol. The van der Waals surface area contributed by atoms with Gasteiger partial charge < -0.3 is 24.7 Å². The Hall–Kier alpha value is -3.11. The molecule has 0 saturated carbocycles. The number of anilines is 1. The molecule has 2 heterocycles. The van der Waals surface area contributed by atoms with E-state index < -0.39 is 17.5 Å². The van der Waals surface area contributed by atoms with Crippen LogP contribution in [0.2, 0.25) is 0 Å². The Labute approximate surface area is 243 Å². The van der Waals surface area contributed by atoms with E-state index in [-0.39, 0.29) is 36.1 Å². The minimum absolute atomic E-state index is 0. The Morgan fingerprint density at radius 3 is 2.50 bits per heavy atom. The van der Waals surface area contributed by atoms with E-state index in [0.29, 0.717) is 25.5 Å². The summed E-state index contributed by atoms with van der Waals surface area (Å²) in [6.45, 7) is 9.09. The minimum Gasteiger partial charge on any atom is -0.478 e. The number of pyridine rings is 1. The molecule has 2 aromatic heterocycles. The molecule has 194 valence electrons. The number of aliphatic hydroxyl groups excluding tert-OH is 1. The molecule has 0 aliphatic heterocycles. The van der Waals surface area contributed by atoms with Crippen molar-refractivity contribution in [3.63, 3.8) is 0 Å². The van der Waals surface area contributed by atoms with Crippen molar-refractivity contribution >= 4 is 5.69 Å². The minimum atomic E-state index is -0.890. The average molecular weight is 527 g/mol. The molecule has 1 atom stereocenters. The first-order chi connectivity index (χ1) is 17.7. The van der Waals surface area contributed by atoms with E-state index in [4.69, 9.17) is 9.26 Å². The quantitative estimate of drug-likeness (QED) is 0.288. The predicted octanol–water partition coefficient (Wildman–Crippen LogP) is 0.560. The molecule has 9 nitrogen and oxygen atoms in total. The molecule has 0 unspecified atom stereocenters. The van der Waals surface area contributed by atoms with Crippen LogP contribution >= 0.6 is 0 Å². The van der Waals surface area contributed by atoms with Crippen LogP contribution in [0.25, 0.3) is 11.1 Å². The first kappa shape index (κ1) is 29.4. The van der Waals surface area contributed by atoms with E-state index in [1.54, 1.807) is 6.92 Å². The standard InChI is InChI=1S/C28H32N4O5.Na/c1-17-14-25(36-13-12-18(2)33)30-20(4)26(17)24-7-5-6-22(19(24)3)15-29-23-10-8-21(9-11-23)16-32-27(34)31-28(35)37-32;/h5-11,14,18,29,33H,12-13,15-16H2,1-4H3,(H,31,34,35);/q;+1/p-1/t18-;/m0./s1. The van der Waals surface area contributed by atoms with Gasteiger partial charge in [0.25, 0.3) is 0 Å². The number of nitrogens with one attached hydrogen (secondary N) is 1. The molecule has 2 N–H and O–H groups in total. The molecule has 4 rings (SSSR count). The number of benzene rings is 2. The number of aryl methyl sites for hydroxylation is 2. The summed E-state index contributed by atoms with van der Waals surface area (Å²) >= 11 is 0. The summed E-state index contributed by atoms with van der Waals surface area (Å²) in [5, 5.41) is 12.9. The molecule has 0 radical (unpaired) electrons. The maximum absolute atomic E-state index is 11.6. The van der Waals surface area contributed by atoms with Gasteiger partial charge in [0.1, 0.15) is 0 Å². The van der Waals surface area contributed by atoms with Gasteiger partial charge in [0.05, 0.1) is 12.7 Å². The first-order valence-corrected chi connectivity index (χ1v) is 12.2. The van der Waals surface area contributed by atoms with Crippen LogP contribution in [0.1, 0.15) is 41.3 Å². The number of hydrogen-bond donors (Lipinski definition) is 2. The molecule has 4 aromatic rings. The Morgan fingerprint density at radius 2 is 1.87 bits per heavy atom. The summed E-state index contributed by atoms with van der Waals surface area (Å²) in [6.07, 6.45) is 0.152. The Bertz CT molecular complexity index is 1470. The van der Waals surface area contributed by atoms with Gasteiger partial charge >= 0.3 is 35.3 Å². The fourth-order valence-electron chi connectivity index (χ4n) is 4.24. The van der Waals surface area contributed by atoms with Crippen LogP contribution in [-0.4, -0.2) is 27.5 Å². The van der Waals surface area contributed by atoms with Crippen molar-refractivity contribution < 1.29 is 43.9 Å². The monoisotopic (exact) mass is 526 g/mol. The fraction of sp³-hybridized carbons (Fsp3) is 0.321. The average Bonchev–Trinajstić information content (AvgIpc) is 3.16. The second kappa shape index (κ2) is 13.1. The molecular formula is C28H31N4NaO5. The zero-order valence-electron chi connectivity index (χ0n) is 22.4. The van der Waals surface area contributed by atoms with Gasteiger partial charge in [-0.25, -0.2) is 9.78 Å². The van der Waals surface area contributed by atoms with Crippen LogP contribution in [0.15, 0.2) is 62.6 Å². The molecule has 10 heteroatoms. The number of nitrogens with zero attached hydrogens (tertiary/aromatic N) is 3. The van der Waals surface area contributed by atoms with Gasteiger partial charge in [-0.15, -0.1) is 0 Å². The molecule has 0 fully saturated rings. The van der Waals surface area contributed by atoms with Crippen LogP contribution in [0, 0.1) is 20.8 Å². The zero-order valence-corrected chi connectivity index (χ0v) is 24.4. The largest absolute Gasteiger partial charge is 1.00 e. The number of aromatic nitrogens is 3. The van der Waals surface area contributed by atoms with Crippen molar-refractivity contribution in [2.75, 3.05) is 11.9 Å². The topological polar surface area (TPSA) is 121 Å². The summed E-state index contributed by atoms with van der Waals surface area (Å²) in [5.74, 6) is -0.320. The number of aliphatic hydroxyl groups is 1. The third-order valence-electron chi connectivity index (χ3n) is 6.23. The van der Waals surface area contributed by atoms with Crippen molar-refractivity contribution in [3.05, 3.63) is 97.5 Å². The summed E-state index contributed by atoms with van der Waals surface area (Å²) in [7, 11) is 0. The van der Waals surface area contributed by atoms with E-state index in [9.17, 15) is 14.7 Å². The number of ether oxygens (including phenoxy) is 1. The smallest absolute Gasteiger partial charge is 0.478 e. The van der Waals surface area contributed by atoms with Gasteiger partial charge in [-0.3, -0.25) is 9.53 Å². The van der Waals surface area contributed by atoms with E-state index in [0.717, 1.165) is 43.9 Å². The third-order valence-corrected chi connectivity index (χ3v) is 6.23. The second-order valence-corrected chi connectivity index (χ2v) is 9.15. The molecule has 0 bridgehead atoms. The van der Waals surface area contributed by atoms with Gasteiger partial charge in [-0.1, -0.05) is 30.3 Å². The van der Waals surface area contributed by atoms with Gasteiger partial charge in [0.2, 0.25) is 5.88 Å². The molecule has 0 saturated heterocycles. The molecular weight excluding hydrogens is 495 g/mol. The van der Waals surface area contributed by atoms with Gasteiger partial charge in [0.15, 0.2) is 5.69 Å². The Morgan fingerprint density at radius 1 is 1.13 bits per heavy atom. The molecule has 0 amide bonds. The van der Waals surface area contributed by atoms with Crippen LogP contribution in [-0.2, 0) is 13.1 Å². The SMILES string of the molecule is Cc1cc(OCC[C@H](C)O)nc(C)c1-c1cccc(CNc2ccc(Cn3oc(=O)[n-]c3=O)cc2)c1C.[Na+]. The maximum atomic E-state index is 11.6. The first-order valence-electron chi connectivity index (χ1n) is 12.2. The van der Waals surface area contributed by atoms with Gasteiger partial charge in [0, 0.05) is 42.5 Å². The van der Waals surface area contributed by atoms with Crippen molar-refractivity contribution in [2.45, 2.75) is 53.3 Å². The normalized spacial score (nSPS) is 11.6. The van der Waals surface area contributed by atoms with Crippen molar-refractivity contribution in [2.24, 2.45) is 0 Å². The van der Waals surface area contributed by atoms with E-state index in [2.05, 4.69) is 41.3 Å². The van der Waals surface area contributed by atoms with Crippen LogP contribution in [0.4, 0.5) is 5.69 Å². The van der Waals surface area contributed by atoms with Gasteiger partial charge in [-0.05, 0) is 67.6 Å². The maximum Gasteiger partial charge on any atom is 1.00 e. The van der Waals surface area contributed by atoms with Crippen molar-refractivity contribution in [1.29, 1.82) is 0 Å². The molecule has 0 spiro atoms. The molecule has 38 heavy (non-hydrogen) atoms. The zero-order chi connectivity index (χ0) is 26.5. The van der Waals surface area contributed by atoms with E-state index >= 15 is 0 Å². The summed E-state index contributed by atoms with van der Waals surface area (Å²) in [5.41, 5.74) is 7.58. The molecule has 0 aliphatic carbocycles. The van der Waals surface area contributed by atoms with Gasteiger partial charge in [-0.2, -0.15) is 0 Å². The van der Waals surface area contributed by atoms with E-state index in [1.807, 2.05) is 43.3 Å².